The lowest BCUT2D eigenvalue weighted by atomic mass is 9.77. The van der Waals surface area contributed by atoms with E-state index in [4.69, 9.17) is 4.74 Å². The van der Waals surface area contributed by atoms with Gasteiger partial charge in [-0.05, 0) is 75.5 Å². The first kappa shape index (κ1) is 27.4. The number of rotatable bonds is 8. The minimum Gasteiger partial charge on any atom is -0.450 e. The van der Waals surface area contributed by atoms with E-state index in [1.54, 1.807) is 13.1 Å². The molecule has 35 heavy (non-hydrogen) atoms. The fourth-order valence-electron chi connectivity index (χ4n) is 5.03. The van der Waals surface area contributed by atoms with Crippen LogP contribution in [0.1, 0.15) is 49.9 Å². The van der Waals surface area contributed by atoms with E-state index in [2.05, 4.69) is 43.3 Å². The molecule has 1 aromatic heterocycles. The van der Waals surface area contributed by atoms with Crippen LogP contribution in [-0.4, -0.2) is 59.6 Å². The Balaban J connectivity index is 0.00000342. The summed E-state index contributed by atoms with van der Waals surface area (Å²) < 4.78 is 6.13. The maximum absolute atomic E-state index is 13.3. The summed E-state index contributed by atoms with van der Waals surface area (Å²) >= 11 is 3.47. The lowest BCUT2D eigenvalue weighted by molar-refractivity contribution is -0.138. The number of piperidine rings is 1. The van der Waals surface area contributed by atoms with Crippen molar-refractivity contribution in [3.63, 3.8) is 0 Å². The number of halogens is 2. The summed E-state index contributed by atoms with van der Waals surface area (Å²) in [5.41, 5.74) is 1.79. The number of alkyl carbamates (subject to hydrolysis) is 1. The van der Waals surface area contributed by atoms with Gasteiger partial charge in [-0.3, -0.25) is 9.78 Å². The molecular formula is C26H34BrClN4O3. The molecule has 1 atom stereocenters. The van der Waals surface area contributed by atoms with Gasteiger partial charge in [0.2, 0.25) is 5.91 Å². The third-order valence-corrected chi connectivity index (χ3v) is 7.58. The number of carbonyl (C=O) groups excluding carboxylic acids is 2. The van der Waals surface area contributed by atoms with Crippen LogP contribution in [0.15, 0.2) is 53.1 Å². The van der Waals surface area contributed by atoms with Crippen LogP contribution in [-0.2, 0) is 16.1 Å². The first-order valence-electron chi connectivity index (χ1n) is 12.1. The lowest BCUT2D eigenvalue weighted by Crippen LogP contribution is -2.45. The predicted octanol–water partition coefficient (Wildman–Crippen LogP) is 4.96. The summed E-state index contributed by atoms with van der Waals surface area (Å²) in [6.07, 6.45) is 4.79. The van der Waals surface area contributed by atoms with Crippen LogP contribution in [0.25, 0.3) is 0 Å². The quantitative estimate of drug-likeness (QED) is 0.490. The molecule has 0 radical (unpaired) electrons. The fourth-order valence-corrected chi connectivity index (χ4v) is 5.29. The third kappa shape index (κ3) is 6.96. The van der Waals surface area contributed by atoms with Crippen molar-refractivity contribution in [3.05, 3.63) is 64.4 Å². The number of benzene rings is 1. The van der Waals surface area contributed by atoms with Crippen LogP contribution in [0.3, 0.4) is 0 Å². The van der Waals surface area contributed by atoms with E-state index < -0.39 is 6.09 Å². The van der Waals surface area contributed by atoms with E-state index in [9.17, 15) is 9.59 Å². The van der Waals surface area contributed by atoms with Gasteiger partial charge in [0, 0.05) is 30.3 Å². The number of hydrogen-bond donors (Lipinski definition) is 1. The zero-order valence-electron chi connectivity index (χ0n) is 20.1. The van der Waals surface area contributed by atoms with Gasteiger partial charge in [0.25, 0.3) is 0 Å². The molecule has 1 unspecified atom stereocenters. The highest BCUT2D eigenvalue weighted by Crippen LogP contribution is 2.42. The Hall–Kier alpha value is -2.16. The van der Waals surface area contributed by atoms with Crippen molar-refractivity contribution in [2.45, 2.75) is 45.2 Å². The van der Waals surface area contributed by atoms with Gasteiger partial charge in [-0.25, -0.2) is 4.79 Å². The van der Waals surface area contributed by atoms with E-state index >= 15 is 0 Å². The van der Waals surface area contributed by atoms with E-state index in [1.165, 1.54) is 5.56 Å². The topological polar surface area (TPSA) is 74.8 Å². The lowest BCUT2D eigenvalue weighted by Gasteiger charge is -2.38. The van der Waals surface area contributed by atoms with Crippen molar-refractivity contribution in [1.82, 2.24) is 20.1 Å². The molecule has 2 fully saturated rings. The van der Waals surface area contributed by atoms with Gasteiger partial charge in [-0.1, -0.05) is 34.1 Å². The number of hydrogen-bond acceptors (Lipinski definition) is 5. The Morgan fingerprint density at radius 1 is 1.14 bits per heavy atom. The fraction of sp³-hybridized carbons (Fsp3) is 0.500. The van der Waals surface area contributed by atoms with Gasteiger partial charge >= 0.3 is 6.09 Å². The van der Waals surface area contributed by atoms with Crippen molar-refractivity contribution >= 4 is 40.3 Å². The molecule has 2 amide bonds. The summed E-state index contributed by atoms with van der Waals surface area (Å²) in [5, 5.41) is 2.95. The Morgan fingerprint density at radius 2 is 1.86 bits per heavy atom. The molecule has 7 nitrogen and oxygen atoms in total. The van der Waals surface area contributed by atoms with Crippen molar-refractivity contribution in [2.75, 3.05) is 32.8 Å². The second kappa shape index (κ2) is 12.7. The van der Waals surface area contributed by atoms with E-state index in [0.717, 1.165) is 62.0 Å². The molecule has 190 valence electrons. The standard InChI is InChI=1S/C26H33BrN4O3.ClH/c1-2-34-25(33)29-23(22-5-3-4-14-28-22)10-15-30-16-11-26(12-17-30)13-18-31(24(26)32)19-20-6-8-21(27)9-7-20;/h3-9,14,23H,2,10-13,15-19H2,1H3,(H,29,33);1H. The normalized spacial score (nSPS) is 18.2. The summed E-state index contributed by atoms with van der Waals surface area (Å²) in [7, 11) is 0. The number of ether oxygens (including phenoxy) is 1. The molecule has 9 heteroatoms. The Bertz CT molecular complexity index is 968. The molecular weight excluding hydrogens is 532 g/mol. The van der Waals surface area contributed by atoms with Crippen LogP contribution in [0.5, 0.6) is 0 Å². The van der Waals surface area contributed by atoms with Crippen molar-refractivity contribution in [1.29, 1.82) is 0 Å². The minimum atomic E-state index is -0.418. The SMILES string of the molecule is CCOC(=O)NC(CCN1CCC2(CC1)CCN(Cc1ccc(Br)cc1)C2=O)c1ccccn1.Cl. The van der Waals surface area contributed by atoms with E-state index in [0.29, 0.717) is 19.1 Å². The average molecular weight is 566 g/mol. The van der Waals surface area contributed by atoms with Gasteiger partial charge in [-0.15, -0.1) is 12.4 Å². The van der Waals surface area contributed by atoms with Gasteiger partial charge in [0.15, 0.2) is 0 Å². The molecule has 3 heterocycles. The molecule has 0 bridgehead atoms. The second-order valence-corrected chi connectivity index (χ2v) is 10.1. The van der Waals surface area contributed by atoms with Crippen LogP contribution in [0.4, 0.5) is 4.79 Å². The number of amides is 2. The molecule has 2 aliphatic rings. The zero-order valence-corrected chi connectivity index (χ0v) is 22.5. The van der Waals surface area contributed by atoms with Crippen molar-refractivity contribution < 1.29 is 14.3 Å². The third-order valence-electron chi connectivity index (χ3n) is 7.05. The van der Waals surface area contributed by atoms with Gasteiger partial charge in [0.05, 0.1) is 23.8 Å². The van der Waals surface area contributed by atoms with Crippen LogP contribution < -0.4 is 5.32 Å². The van der Waals surface area contributed by atoms with Crippen molar-refractivity contribution in [3.8, 4) is 0 Å². The molecule has 2 aromatic rings. The Morgan fingerprint density at radius 3 is 2.51 bits per heavy atom. The van der Waals surface area contributed by atoms with Crippen LogP contribution in [0, 0.1) is 5.41 Å². The first-order valence-corrected chi connectivity index (χ1v) is 12.9. The number of nitrogens with zero attached hydrogens (tertiary/aromatic N) is 3. The monoisotopic (exact) mass is 564 g/mol. The molecule has 1 aromatic carbocycles. The Labute approximate surface area is 222 Å². The van der Waals surface area contributed by atoms with Crippen molar-refractivity contribution in [2.24, 2.45) is 5.41 Å². The molecule has 1 N–H and O–H groups in total. The molecule has 0 aliphatic carbocycles. The highest BCUT2D eigenvalue weighted by Gasteiger charge is 2.47. The highest BCUT2D eigenvalue weighted by molar-refractivity contribution is 9.10. The summed E-state index contributed by atoms with van der Waals surface area (Å²) in [4.78, 5) is 34.2. The van der Waals surface area contributed by atoms with Crippen LogP contribution >= 0.6 is 28.3 Å². The van der Waals surface area contributed by atoms with Crippen LogP contribution in [0.2, 0.25) is 0 Å². The predicted molar refractivity (Wildman–Crippen MR) is 141 cm³/mol. The largest absolute Gasteiger partial charge is 0.450 e. The average Bonchev–Trinajstić information content (AvgIpc) is 3.14. The summed E-state index contributed by atoms with van der Waals surface area (Å²) in [6, 6.07) is 13.7. The van der Waals surface area contributed by atoms with E-state index in [1.807, 2.05) is 35.2 Å². The van der Waals surface area contributed by atoms with E-state index in [-0.39, 0.29) is 23.9 Å². The zero-order chi connectivity index (χ0) is 24.0. The second-order valence-electron chi connectivity index (χ2n) is 9.19. The van der Waals surface area contributed by atoms with Gasteiger partial charge in [0.1, 0.15) is 0 Å². The number of likely N-dealkylation sites (tertiary alicyclic amines) is 2. The number of carbonyl (C=O) groups is 2. The Kier molecular flexibility index (Phi) is 9.95. The number of nitrogens with one attached hydrogen (secondary N) is 1. The maximum atomic E-state index is 13.3. The molecule has 2 saturated heterocycles. The molecule has 1 spiro atoms. The highest BCUT2D eigenvalue weighted by atomic mass is 79.9. The van der Waals surface area contributed by atoms with Gasteiger partial charge < -0.3 is 19.9 Å². The number of pyridine rings is 1. The van der Waals surface area contributed by atoms with Gasteiger partial charge in [-0.2, -0.15) is 0 Å². The first-order chi connectivity index (χ1) is 16.5. The molecule has 0 saturated carbocycles. The summed E-state index contributed by atoms with van der Waals surface area (Å²) in [5.74, 6) is 0.311. The smallest absolute Gasteiger partial charge is 0.407 e. The minimum absolute atomic E-state index is 0. The maximum Gasteiger partial charge on any atom is 0.407 e. The molecule has 2 aliphatic heterocycles. The number of aromatic nitrogens is 1. The molecule has 4 rings (SSSR count). The summed E-state index contributed by atoms with van der Waals surface area (Å²) in [6.45, 7) is 6.27.